The van der Waals surface area contributed by atoms with Crippen LogP contribution in [0.4, 0.5) is 35.1 Å². The quantitative estimate of drug-likeness (QED) is 0.235. The Morgan fingerprint density at radius 2 is 1.51 bits per heavy atom. The summed E-state index contributed by atoms with van der Waals surface area (Å²) in [6.07, 6.45) is -13.1. The number of benzene rings is 2. The third-order valence-electron chi connectivity index (χ3n) is 7.36. The molecule has 0 aromatic heterocycles. The molecule has 0 N–H and O–H groups in total. The molecule has 4 nitrogen and oxygen atoms in total. The Balaban J connectivity index is 1.96. The Labute approximate surface area is 223 Å². The first-order chi connectivity index (χ1) is 17.7. The van der Waals surface area contributed by atoms with Gasteiger partial charge in [0.05, 0.1) is 10.9 Å². The summed E-state index contributed by atoms with van der Waals surface area (Å²) in [7, 11) is -4.49. The van der Waals surface area contributed by atoms with Crippen LogP contribution >= 0.6 is 0 Å². The second kappa shape index (κ2) is 9.31. The minimum absolute atomic E-state index is 0.00564. The van der Waals surface area contributed by atoms with Gasteiger partial charge in [0.1, 0.15) is 15.3 Å². The van der Waals surface area contributed by atoms with Gasteiger partial charge in [0.2, 0.25) is 0 Å². The van der Waals surface area contributed by atoms with Gasteiger partial charge in [-0.3, -0.25) is 0 Å². The zero-order valence-corrected chi connectivity index (χ0v) is 22.6. The number of halogens is 8. The summed E-state index contributed by atoms with van der Waals surface area (Å²) in [5.41, 5.74) is -7.66. The van der Waals surface area contributed by atoms with Crippen molar-refractivity contribution in [2.75, 3.05) is 6.54 Å². The molecular weight excluding hydrogens is 578 g/mol. The van der Waals surface area contributed by atoms with E-state index < -0.39 is 66.1 Å². The molecule has 0 radical (unpaired) electrons. The molecule has 0 saturated carbocycles. The van der Waals surface area contributed by atoms with Gasteiger partial charge in [-0.15, -0.1) is 4.31 Å². The molecule has 216 valence electrons. The lowest BCUT2D eigenvalue weighted by molar-refractivity contribution is -0.348. The third kappa shape index (κ3) is 4.45. The molecule has 1 aliphatic carbocycles. The van der Waals surface area contributed by atoms with Gasteiger partial charge in [0.15, 0.2) is 9.84 Å². The SMILES string of the molecule is CC(C)(C)[S@+]([O-])N1CC[C@@]2(S(=O)(=O)c3ccc(F)cc3)c3ccc(C(F)(C(F)(F)F)C(F)(F)F)cc3CC[C@@H]12. The molecule has 2 aromatic carbocycles. The summed E-state index contributed by atoms with van der Waals surface area (Å²) in [5, 5.41) is 0. The molecule has 1 saturated heterocycles. The summed E-state index contributed by atoms with van der Waals surface area (Å²) in [5.74, 6) is -0.725. The van der Waals surface area contributed by atoms with Gasteiger partial charge in [-0.05, 0) is 75.4 Å². The molecule has 0 unspecified atom stereocenters. The highest BCUT2D eigenvalue weighted by Gasteiger charge is 2.74. The van der Waals surface area contributed by atoms with E-state index in [0.717, 1.165) is 30.3 Å². The molecule has 3 atom stereocenters. The summed E-state index contributed by atoms with van der Waals surface area (Å²) >= 11 is -1.72. The number of hydrogen-bond donors (Lipinski definition) is 0. The van der Waals surface area contributed by atoms with Crippen LogP contribution in [-0.4, -0.2) is 47.0 Å². The van der Waals surface area contributed by atoms with E-state index in [1.807, 2.05) is 0 Å². The standard InChI is InChI=1S/C25H25F8NO3S2/c1-21(2,3)38(35)34-13-12-22(39(36,37)18-8-6-17(26)7-9-18)19-10-5-16(14-15(19)4-11-20(22)34)23(27,24(28,29)30)25(31,32)33/h5-10,14,20H,4,11-13H2,1-3H3/t20-,22-,38+/m1/s1. The van der Waals surface area contributed by atoms with Gasteiger partial charge in [-0.1, -0.05) is 18.2 Å². The average Bonchev–Trinajstić information content (AvgIpc) is 3.22. The first-order valence-corrected chi connectivity index (χ1v) is 14.4. The molecule has 0 spiro atoms. The van der Waals surface area contributed by atoms with Crippen molar-refractivity contribution in [1.29, 1.82) is 0 Å². The number of nitrogens with zero attached hydrogens (tertiary/aromatic N) is 1. The van der Waals surface area contributed by atoms with E-state index in [4.69, 9.17) is 0 Å². The lowest BCUT2D eigenvalue weighted by Crippen LogP contribution is -2.55. The number of aryl methyl sites for hydroxylation is 1. The Morgan fingerprint density at radius 1 is 0.949 bits per heavy atom. The van der Waals surface area contributed by atoms with Gasteiger partial charge in [-0.2, -0.15) is 26.3 Å². The molecule has 4 rings (SSSR count). The fourth-order valence-electron chi connectivity index (χ4n) is 5.56. The topological polar surface area (TPSA) is 60.4 Å². The maximum Gasteiger partial charge on any atom is 0.435 e. The second-order valence-corrected chi connectivity index (χ2v) is 15.1. The Kier molecular flexibility index (Phi) is 7.18. The van der Waals surface area contributed by atoms with Crippen molar-refractivity contribution in [3.8, 4) is 0 Å². The Morgan fingerprint density at radius 3 is 2.03 bits per heavy atom. The van der Waals surface area contributed by atoms with Crippen LogP contribution in [0.1, 0.15) is 50.3 Å². The molecule has 2 aliphatic rings. The number of fused-ring (bicyclic) bond motifs is 3. The highest BCUT2D eigenvalue weighted by Crippen LogP contribution is 2.57. The number of rotatable bonds is 4. The van der Waals surface area contributed by atoms with Gasteiger partial charge in [0.25, 0.3) is 0 Å². The monoisotopic (exact) mass is 603 g/mol. The summed E-state index contributed by atoms with van der Waals surface area (Å²) in [6, 6.07) is 4.43. The molecule has 0 bridgehead atoms. The maximum absolute atomic E-state index is 14.9. The Hall–Kier alpha value is -1.90. The smallest absolute Gasteiger partial charge is 0.435 e. The molecule has 1 aliphatic heterocycles. The minimum atomic E-state index is -6.33. The van der Waals surface area contributed by atoms with E-state index in [9.17, 15) is 48.1 Å². The van der Waals surface area contributed by atoms with Gasteiger partial charge >= 0.3 is 18.0 Å². The van der Waals surface area contributed by atoms with Crippen molar-refractivity contribution in [1.82, 2.24) is 4.31 Å². The van der Waals surface area contributed by atoms with E-state index in [-0.39, 0.29) is 41.8 Å². The summed E-state index contributed by atoms with van der Waals surface area (Å²) < 4.78 is 150. The molecule has 2 aromatic rings. The molecule has 0 amide bonds. The fraction of sp³-hybridized carbons (Fsp3) is 0.520. The van der Waals surface area contributed by atoms with Gasteiger partial charge in [-0.25, -0.2) is 17.2 Å². The number of sulfone groups is 1. The molecular formula is C25H25F8NO3S2. The van der Waals surface area contributed by atoms with Crippen molar-refractivity contribution >= 4 is 21.2 Å². The first kappa shape index (κ1) is 30.1. The van der Waals surface area contributed by atoms with Crippen LogP contribution in [0.15, 0.2) is 47.4 Å². The lowest BCUT2D eigenvalue weighted by atomic mass is 9.77. The van der Waals surface area contributed by atoms with Crippen LogP contribution in [0.25, 0.3) is 0 Å². The van der Waals surface area contributed by atoms with Crippen LogP contribution < -0.4 is 0 Å². The van der Waals surface area contributed by atoms with E-state index in [1.54, 1.807) is 20.8 Å². The molecule has 39 heavy (non-hydrogen) atoms. The minimum Gasteiger partial charge on any atom is -0.597 e. The van der Waals surface area contributed by atoms with Crippen molar-refractivity contribution in [2.24, 2.45) is 0 Å². The van der Waals surface area contributed by atoms with Crippen molar-refractivity contribution in [3.05, 3.63) is 65.0 Å². The maximum atomic E-state index is 14.9. The van der Waals surface area contributed by atoms with E-state index in [2.05, 4.69) is 0 Å². The van der Waals surface area contributed by atoms with Gasteiger partial charge in [0, 0.05) is 23.5 Å². The predicted octanol–water partition coefficient (Wildman–Crippen LogP) is 6.27. The number of alkyl halides is 7. The van der Waals surface area contributed by atoms with Crippen LogP contribution in [0.2, 0.25) is 0 Å². The van der Waals surface area contributed by atoms with Crippen LogP contribution in [0.3, 0.4) is 0 Å². The third-order valence-corrected chi connectivity index (χ3v) is 11.8. The predicted molar refractivity (Wildman–Crippen MR) is 128 cm³/mol. The van der Waals surface area contributed by atoms with Crippen molar-refractivity contribution in [3.63, 3.8) is 0 Å². The first-order valence-electron chi connectivity index (χ1n) is 11.8. The lowest BCUT2D eigenvalue weighted by Gasteiger charge is -2.43. The van der Waals surface area contributed by atoms with Crippen molar-refractivity contribution < 1.29 is 48.1 Å². The zero-order valence-electron chi connectivity index (χ0n) is 21.0. The molecule has 14 heteroatoms. The average molecular weight is 604 g/mol. The van der Waals surface area contributed by atoms with E-state index in [0.29, 0.717) is 12.1 Å². The highest BCUT2D eigenvalue weighted by atomic mass is 32.2. The van der Waals surface area contributed by atoms with E-state index >= 15 is 0 Å². The van der Waals surface area contributed by atoms with Crippen LogP contribution in [0, 0.1) is 5.82 Å². The van der Waals surface area contributed by atoms with E-state index in [1.165, 1.54) is 4.31 Å². The zero-order chi connectivity index (χ0) is 29.4. The second-order valence-electron chi connectivity index (χ2n) is 10.7. The summed E-state index contributed by atoms with van der Waals surface area (Å²) in [4.78, 5) is -0.320. The van der Waals surface area contributed by atoms with Crippen LogP contribution in [0.5, 0.6) is 0 Å². The largest absolute Gasteiger partial charge is 0.597 e. The highest BCUT2D eigenvalue weighted by molar-refractivity contribution is 7.93. The van der Waals surface area contributed by atoms with Crippen LogP contribution in [-0.2, 0) is 38.0 Å². The fourth-order valence-corrected chi connectivity index (χ4v) is 9.47. The molecule has 1 heterocycles. The number of hydrogen-bond acceptors (Lipinski definition) is 4. The van der Waals surface area contributed by atoms with Gasteiger partial charge < -0.3 is 4.55 Å². The molecule has 1 fully saturated rings. The normalized spacial score (nSPS) is 23.8. The summed E-state index contributed by atoms with van der Waals surface area (Å²) in [6.45, 7) is 5.02. The van der Waals surface area contributed by atoms with Crippen molar-refractivity contribution in [2.45, 2.75) is 78.5 Å². The Bertz CT molecular complexity index is 1340.